The third kappa shape index (κ3) is 5.90. The first kappa shape index (κ1) is 26.5. The predicted octanol–water partition coefficient (Wildman–Crippen LogP) is 5.47. The van der Waals surface area contributed by atoms with Crippen molar-refractivity contribution in [1.82, 2.24) is 24.2 Å². The maximum Gasteiger partial charge on any atom is 0.434 e. The Morgan fingerprint density at radius 2 is 1.73 bits per heavy atom. The topological polar surface area (TPSA) is 94.0 Å². The molecule has 8 nitrogen and oxygen atoms in total. The summed E-state index contributed by atoms with van der Waals surface area (Å²) in [5.74, 6) is -0.580. The van der Waals surface area contributed by atoms with E-state index in [1.54, 1.807) is 42.5 Å². The second-order valence-corrected chi connectivity index (χ2v) is 9.23. The van der Waals surface area contributed by atoms with Gasteiger partial charge in [0.2, 0.25) is 0 Å². The molecule has 4 aromatic rings. The van der Waals surface area contributed by atoms with Gasteiger partial charge in [0, 0.05) is 30.5 Å². The van der Waals surface area contributed by atoms with E-state index in [-0.39, 0.29) is 11.5 Å². The number of likely N-dealkylation sites (N-methyl/N-ethyl adjacent to an activating group) is 1. The summed E-state index contributed by atoms with van der Waals surface area (Å²) in [4.78, 5) is 17.7. The molecule has 0 spiro atoms. The molecule has 2 heterocycles. The second kappa shape index (κ2) is 10.4. The summed E-state index contributed by atoms with van der Waals surface area (Å²) < 4.78 is 42.8. The van der Waals surface area contributed by atoms with Crippen molar-refractivity contribution in [2.75, 3.05) is 26.0 Å². The molecule has 0 saturated heterocycles. The number of nitrogens with zero attached hydrogens (tertiary/aromatic N) is 5. The molecule has 0 aliphatic carbocycles. The zero-order chi connectivity index (χ0) is 26.9. The quantitative estimate of drug-likeness (QED) is 0.303. The number of benzene rings is 2. The number of rotatable bonds is 8. The molecule has 0 radical (unpaired) electrons. The Morgan fingerprint density at radius 3 is 2.30 bits per heavy atom. The van der Waals surface area contributed by atoms with Gasteiger partial charge in [0.25, 0.3) is 5.91 Å². The lowest BCUT2D eigenvalue weighted by molar-refractivity contribution is -0.140. The van der Waals surface area contributed by atoms with E-state index in [0.717, 1.165) is 6.20 Å². The number of hydrogen-bond donors (Lipinski definition) is 2. The molecule has 4 rings (SSSR count). The van der Waals surface area contributed by atoms with Crippen molar-refractivity contribution in [1.29, 1.82) is 0 Å². The highest BCUT2D eigenvalue weighted by Crippen LogP contribution is 2.33. The average Bonchev–Trinajstić information content (AvgIpc) is 3.43. The zero-order valence-electron chi connectivity index (χ0n) is 19.7. The highest BCUT2D eigenvalue weighted by molar-refractivity contribution is 6.37. The van der Waals surface area contributed by atoms with E-state index in [2.05, 4.69) is 15.4 Å². The number of anilines is 2. The molecule has 0 aliphatic rings. The van der Waals surface area contributed by atoms with Gasteiger partial charge in [-0.05, 0) is 50.5 Å². The molecule has 0 atom stereocenters. The number of primary amides is 1. The normalized spacial score (nSPS) is 11.8. The highest BCUT2D eigenvalue weighted by Gasteiger charge is 2.35. The molecule has 0 aliphatic heterocycles. The third-order valence-electron chi connectivity index (χ3n) is 5.39. The summed E-state index contributed by atoms with van der Waals surface area (Å²) in [5.41, 5.74) is 6.21. The van der Waals surface area contributed by atoms with Gasteiger partial charge in [-0.1, -0.05) is 29.3 Å². The van der Waals surface area contributed by atoms with Gasteiger partial charge in [0.05, 0.1) is 21.9 Å². The molecule has 0 bridgehead atoms. The summed E-state index contributed by atoms with van der Waals surface area (Å²) in [5, 5.41) is 7.93. The van der Waals surface area contributed by atoms with Crippen molar-refractivity contribution in [3.63, 3.8) is 0 Å². The maximum absolute atomic E-state index is 13.3. The first-order valence-corrected chi connectivity index (χ1v) is 11.7. The lowest BCUT2D eigenvalue weighted by Gasteiger charge is -2.12. The number of halogens is 5. The van der Waals surface area contributed by atoms with Crippen LogP contribution in [0, 0.1) is 0 Å². The van der Waals surface area contributed by atoms with Crippen molar-refractivity contribution in [2.24, 2.45) is 5.73 Å². The molecular formula is C24H22Cl2F3N7O. The van der Waals surface area contributed by atoms with Crippen LogP contribution in [0.3, 0.4) is 0 Å². The summed E-state index contributed by atoms with van der Waals surface area (Å²) in [6.45, 7) is 0.868. The summed E-state index contributed by atoms with van der Waals surface area (Å²) >= 11 is 12.5. The number of carbonyl (C=O) groups is 1. The molecule has 1 amide bonds. The third-order valence-corrected chi connectivity index (χ3v) is 6.00. The number of aromatic nitrogens is 4. The molecule has 13 heteroatoms. The van der Waals surface area contributed by atoms with Crippen molar-refractivity contribution < 1.29 is 18.0 Å². The molecule has 2 aromatic carbocycles. The van der Waals surface area contributed by atoms with Crippen LogP contribution in [0.2, 0.25) is 10.0 Å². The minimum Gasteiger partial charge on any atom is -0.364 e. The van der Waals surface area contributed by atoms with Crippen molar-refractivity contribution >= 4 is 40.5 Å². The van der Waals surface area contributed by atoms with Gasteiger partial charge in [-0.15, -0.1) is 0 Å². The van der Waals surface area contributed by atoms with Gasteiger partial charge >= 0.3 is 6.18 Å². The van der Waals surface area contributed by atoms with Crippen LogP contribution in [0.1, 0.15) is 16.2 Å². The van der Waals surface area contributed by atoms with Crippen LogP contribution < -0.4 is 11.1 Å². The van der Waals surface area contributed by atoms with E-state index >= 15 is 0 Å². The fourth-order valence-electron chi connectivity index (χ4n) is 3.59. The number of nitrogens with one attached hydrogen (secondary N) is 1. The molecule has 3 N–H and O–H groups in total. The average molecular weight is 552 g/mol. The van der Waals surface area contributed by atoms with E-state index in [9.17, 15) is 18.0 Å². The fourth-order valence-corrected chi connectivity index (χ4v) is 4.16. The minimum atomic E-state index is -4.56. The zero-order valence-corrected chi connectivity index (χ0v) is 21.2. The monoisotopic (exact) mass is 551 g/mol. The van der Waals surface area contributed by atoms with Crippen molar-refractivity contribution in [2.45, 2.75) is 12.7 Å². The minimum absolute atomic E-state index is 0.0471. The van der Waals surface area contributed by atoms with Gasteiger partial charge < -0.3 is 20.5 Å². The number of nitrogens with two attached hydrogens (primary N) is 1. The maximum atomic E-state index is 13.3. The van der Waals surface area contributed by atoms with Crippen LogP contribution in [0.15, 0.2) is 54.9 Å². The molecule has 0 fully saturated rings. The van der Waals surface area contributed by atoms with Crippen LogP contribution in [-0.2, 0) is 12.7 Å². The summed E-state index contributed by atoms with van der Waals surface area (Å²) in [6, 6.07) is 11.5. The number of para-hydroxylation sites is 1. The largest absolute Gasteiger partial charge is 0.434 e. The predicted molar refractivity (Wildman–Crippen MR) is 137 cm³/mol. The van der Waals surface area contributed by atoms with E-state index in [1.807, 2.05) is 19.0 Å². The molecule has 2 aromatic heterocycles. The smallest absolute Gasteiger partial charge is 0.364 e. The number of hydrogen-bond acceptors (Lipinski definition) is 5. The van der Waals surface area contributed by atoms with E-state index in [4.69, 9.17) is 28.9 Å². The van der Waals surface area contributed by atoms with Gasteiger partial charge in [-0.25, -0.2) is 9.67 Å². The van der Waals surface area contributed by atoms with Gasteiger partial charge in [0.1, 0.15) is 11.5 Å². The molecular weight excluding hydrogens is 530 g/mol. The molecule has 37 heavy (non-hydrogen) atoms. The standard InChI is InChI=1S/C24H22Cl2F3N7O/c1-34(2)10-11-35-13-19(24(27,28)29)32-23(35)14-6-8-15(9-7-14)31-18-12-36(33-20(18)22(30)37)21-16(25)4-3-5-17(21)26/h3-9,12-13,31H,10-11H2,1-2H3,(H2,30,37). The SMILES string of the molecule is CN(C)CCn1cc(C(F)(F)F)nc1-c1ccc(Nc2cn(-c3c(Cl)cccc3Cl)nc2C(N)=O)cc1. The second-order valence-electron chi connectivity index (χ2n) is 8.42. The highest BCUT2D eigenvalue weighted by atomic mass is 35.5. The Morgan fingerprint density at radius 1 is 1.08 bits per heavy atom. The Hall–Kier alpha value is -3.54. The first-order chi connectivity index (χ1) is 17.4. The van der Waals surface area contributed by atoms with Crippen LogP contribution in [0.4, 0.5) is 24.5 Å². The van der Waals surface area contributed by atoms with Crippen LogP contribution in [0.25, 0.3) is 17.1 Å². The van der Waals surface area contributed by atoms with E-state index in [0.29, 0.717) is 45.8 Å². The number of carbonyl (C=O) groups excluding carboxylic acids is 1. The molecule has 0 unspecified atom stereocenters. The van der Waals surface area contributed by atoms with Gasteiger partial charge in [0.15, 0.2) is 11.4 Å². The van der Waals surface area contributed by atoms with Gasteiger partial charge in [-0.3, -0.25) is 4.79 Å². The summed E-state index contributed by atoms with van der Waals surface area (Å²) in [6.07, 6.45) is -2.03. The number of imidazole rings is 1. The Labute approximate surface area is 220 Å². The Kier molecular flexibility index (Phi) is 7.49. The molecule has 194 valence electrons. The van der Waals surface area contributed by atoms with Crippen molar-refractivity contribution in [3.05, 3.63) is 76.3 Å². The van der Waals surface area contributed by atoms with Crippen molar-refractivity contribution in [3.8, 4) is 17.1 Å². The van der Waals surface area contributed by atoms with Crippen LogP contribution in [-0.4, -0.2) is 50.8 Å². The Bertz CT molecular complexity index is 1410. The van der Waals surface area contributed by atoms with E-state index in [1.165, 1.54) is 15.4 Å². The van der Waals surface area contributed by atoms with Crippen LogP contribution in [0.5, 0.6) is 0 Å². The van der Waals surface area contributed by atoms with E-state index < -0.39 is 17.8 Å². The number of amides is 1. The van der Waals surface area contributed by atoms with Crippen LogP contribution >= 0.6 is 23.2 Å². The fraction of sp³-hybridized carbons (Fsp3) is 0.208. The lowest BCUT2D eigenvalue weighted by atomic mass is 10.2. The molecule has 0 saturated carbocycles. The first-order valence-electron chi connectivity index (χ1n) is 10.9. The number of alkyl halides is 3. The van der Waals surface area contributed by atoms with Gasteiger partial charge in [-0.2, -0.15) is 18.3 Å². The lowest BCUT2D eigenvalue weighted by Crippen LogP contribution is -2.18. The summed E-state index contributed by atoms with van der Waals surface area (Å²) in [7, 11) is 3.67. The Balaban J connectivity index is 1.64.